The molecule has 0 saturated carbocycles. The van der Waals surface area contributed by atoms with E-state index in [1.807, 2.05) is 30.3 Å². The quantitative estimate of drug-likeness (QED) is 0.777. The van der Waals surface area contributed by atoms with Gasteiger partial charge in [0.25, 0.3) is 0 Å². The number of phenolic OH excluding ortho intramolecular Hbond substituents is 1. The Labute approximate surface area is 137 Å². The van der Waals surface area contributed by atoms with Gasteiger partial charge in [0.2, 0.25) is 0 Å². The van der Waals surface area contributed by atoms with Gasteiger partial charge in [0.15, 0.2) is 0 Å². The van der Waals surface area contributed by atoms with Crippen molar-refractivity contribution in [2.75, 3.05) is 0 Å². The molecule has 0 radical (unpaired) electrons. The van der Waals surface area contributed by atoms with Crippen LogP contribution in [0.5, 0.6) is 5.75 Å². The minimum Gasteiger partial charge on any atom is -0.508 e. The fourth-order valence-corrected chi connectivity index (χ4v) is 2.31. The summed E-state index contributed by atoms with van der Waals surface area (Å²) >= 11 is 0. The molecule has 2 aromatic carbocycles. The van der Waals surface area contributed by atoms with Crippen LogP contribution in [0, 0.1) is 5.92 Å². The maximum absolute atomic E-state index is 12.0. The van der Waals surface area contributed by atoms with Crippen LogP contribution in [0.3, 0.4) is 0 Å². The Bertz CT molecular complexity index is 516. The van der Waals surface area contributed by atoms with E-state index in [2.05, 4.69) is 34.6 Å². The lowest BCUT2D eigenvalue weighted by Crippen LogP contribution is -1.91. The summed E-state index contributed by atoms with van der Waals surface area (Å²) in [6.45, 7) is 10.8. The summed E-state index contributed by atoms with van der Waals surface area (Å²) in [4.78, 5) is 1.46. The second-order valence-electron chi connectivity index (χ2n) is 5.51. The van der Waals surface area contributed by atoms with Gasteiger partial charge in [-0.15, -0.1) is 0 Å². The summed E-state index contributed by atoms with van der Waals surface area (Å²) in [6.07, 6.45) is 1.25. The molecular weight excluding hydrogens is 292 g/mol. The Kier molecular flexibility index (Phi) is 11.1. The minimum absolute atomic E-state index is 0.184. The zero-order chi connectivity index (χ0) is 17.0. The molecule has 0 aliphatic heterocycles. The van der Waals surface area contributed by atoms with E-state index in [0.717, 1.165) is 10.8 Å². The highest BCUT2D eigenvalue weighted by atomic mass is 32.2. The van der Waals surface area contributed by atoms with E-state index in [0.29, 0.717) is 4.90 Å². The number of aromatic hydroxyl groups is 1. The molecule has 0 aromatic heterocycles. The first-order valence-corrected chi connectivity index (χ1v) is 8.83. The molecule has 122 valence electrons. The van der Waals surface area contributed by atoms with Crippen LogP contribution in [-0.2, 0) is 10.8 Å². The molecule has 1 unspecified atom stereocenters. The Morgan fingerprint density at radius 2 is 1.23 bits per heavy atom. The van der Waals surface area contributed by atoms with Crippen molar-refractivity contribution in [2.24, 2.45) is 5.92 Å². The largest absolute Gasteiger partial charge is 0.508 e. The van der Waals surface area contributed by atoms with Crippen LogP contribution in [0.15, 0.2) is 64.4 Å². The van der Waals surface area contributed by atoms with Gasteiger partial charge in [-0.25, -0.2) is 4.21 Å². The van der Waals surface area contributed by atoms with E-state index in [-0.39, 0.29) is 5.75 Å². The summed E-state index contributed by atoms with van der Waals surface area (Å²) in [7, 11) is -1.17. The van der Waals surface area contributed by atoms with Crippen molar-refractivity contribution < 1.29 is 9.32 Å². The van der Waals surface area contributed by atoms with E-state index >= 15 is 0 Å². The van der Waals surface area contributed by atoms with E-state index in [4.69, 9.17) is 5.11 Å². The topological polar surface area (TPSA) is 37.3 Å². The summed E-state index contributed by atoms with van der Waals surface area (Å²) in [5.74, 6) is 1.02. The van der Waals surface area contributed by atoms with Crippen molar-refractivity contribution in [1.29, 1.82) is 0 Å². The van der Waals surface area contributed by atoms with Crippen LogP contribution in [0.4, 0.5) is 0 Å². The highest BCUT2D eigenvalue weighted by molar-refractivity contribution is 7.85. The zero-order valence-corrected chi connectivity index (χ0v) is 15.1. The molecule has 0 aliphatic rings. The maximum atomic E-state index is 12.0. The molecule has 2 nitrogen and oxygen atoms in total. The van der Waals surface area contributed by atoms with Gasteiger partial charge in [-0.05, 0) is 42.3 Å². The van der Waals surface area contributed by atoms with Crippen LogP contribution in [0.1, 0.15) is 41.0 Å². The average Bonchev–Trinajstić information content (AvgIpc) is 2.48. The lowest BCUT2D eigenvalue weighted by molar-refractivity contribution is 0.475. The Morgan fingerprint density at radius 1 is 0.864 bits per heavy atom. The minimum atomic E-state index is -1.17. The van der Waals surface area contributed by atoms with Gasteiger partial charge in [-0.1, -0.05) is 59.2 Å². The average molecular weight is 320 g/mol. The molecule has 1 atom stereocenters. The molecule has 1 N–H and O–H groups in total. The third-order valence-corrected chi connectivity index (χ3v) is 3.41. The maximum Gasteiger partial charge on any atom is 0.115 e. The highest BCUT2D eigenvalue weighted by Gasteiger charge is 2.05. The van der Waals surface area contributed by atoms with Crippen molar-refractivity contribution in [3.05, 3.63) is 54.6 Å². The van der Waals surface area contributed by atoms with Crippen molar-refractivity contribution in [3.63, 3.8) is 0 Å². The first kappa shape index (κ1) is 20.4. The third-order valence-electron chi connectivity index (χ3n) is 2.01. The first-order chi connectivity index (χ1) is 10.4. The predicted octanol–water partition coefficient (Wildman–Crippen LogP) is 5.64. The molecule has 0 fully saturated rings. The summed E-state index contributed by atoms with van der Waals surface area (Å²) in [5, 5.41) is 9.11. The Balaban J connectivity index is 0.000000537. The van der Waals surface area contributed by atoms with E-state index in [9.17, 15) is 4.21 Å². The Hall–Kier alpha value is -1.61. The van der Waals surface area contributed by atoms with E-state index in [1.54, 1.807) is 12.1 Å². The lowest BCUT2D eigenvalue weighted by Gasteiger charge is -2.01. The van der Waals surface area contributed by atoms with Gasteiger partial charge in [0.1, 0.15) is 5.75 Å². The lowest BCUT2D eigenvalue weighted by atomic mass is 10.3. The van der Waals surface area contributed by atoms with Crippen molar-refractivity contribution >= 4 is 10.8 Å². The van der Waals surface area contributed by atoms with Gasteiger partial charge in [0.05, 0.1) is 10.8 Å². The molecular formula is C19H28O2S. The third kappa shape index (κ3) is 9.35. The number of benzene rings is 2. The molecule has 0 amide bonds. The Morgan fingerprint density at radius 3 is 1.64 bits per heavy atom. The standard InChI is InChI=1S/C12H10O2S.C4H10.C3H8/c13-10-6-8-12(9-7-10)15(14)11-4-2-1-3-5-11;1-4(2)3;1-3-2/h1-9,13H;4H,1-3H3;3H2,1-2H3. The number of hydrogen-bond donors (Lipinski definition) is 1. The van der Waals surface area contributed by atoms with Gasteiger partial charge in [0, 0.05) is 9.79 Å². The van der Waals surface area contributed by atoms with Crippen LogP contribution in [-0.4, -0.2) is 9.32 Å². The molecule has 0 saturated heterocycles. The molecule has 0 heterocycles. The molecule has 2 aromatic rings. The molecule has 0 bridgehead atoms. The number of phenols is 1. The monoisotopic (exact) mass is 320 g/mol. The summed E-state index contributed by atoms with van der Waals surface area (Å²) in [5.41, 5.74) is 0. The van der Waals surface area contributed by atoms with E-state index < -0.39 is 10.8 Å². The van der Waals surface area contributed by atoms with Crippen LogP contribution < -0.4 is 0 Å². The van der Waals surface area contributed by atoms with Crippen LogP contribution >= 0.6 is 0 Å². The van der Waals surface area contributed by atoms with Gasteiger partial charge in [-0.3, -0.25) is 0 Å². The SMILES string of the molecule is CC(C)C.CCC.O=S(c1ccccc1)c1ccc(O)cc1. The van der Waals surface area contributed by atoms with E-state index in [1.165, 1.54) is 18.6 Å². The smallest absolute Gasteiger partial charge is 0.115 e. The van der Waals surface area contributed by atoms with Crippen LogP contribution in [0.25, 0.3) is 0 Å². The van der Waals surface area contributed by atoms with Gasteiger partial charge >= 0.3 is 0 Å². The molecule has 3 heteroatoms. The van der Waals surface area contributed by atoms with Crippen molar-refractivity contribution in [2.45, 2.75) is 50.8 Å². The molecule has 2 rings (SSSR count). The van der Waals surface area contributed by atoms with Gasteiger partial charge in [-0.2, -0.15) is 0 Å². The number of hydrogen-bond acceptors (Lipinski definition) is 2. The second-order valence-corrected chi connectivity index (χ2v) is 7.00. The van der Waals surface area contributed by atoms with Crippen molar-refractivity contribution in [1.82, 2.24) is 0 Å². The fraction of sp³-hybridized carbons (Fsp3) is 0.368. The fourth-order valence-electron chi connectivity index (χ4n) is 1.25. The predicted molar refractivity (Wildman–Crippen MR) is 95.7 cm³/mol. The highest BCUT2D eigenvalue weighted by Crippen LogP contribution is 2.18. The van der Waals surface area contributed by atoms with Crippen LogP contribution in [0.2, 0.25) is 0 Å². The second kappa shape index (κ2) is 12.0. The zero-order valence-electron chi connectivity index (χ0n) is 14.2. The molecule has 22 heavy (non-hydrogen) atoms. The summed E-state index contributed by atoms with van der Waals surface area (Å²) in [6, 6.07) is 15.6. The normalized spacial score (nSPS) is 10.8. The molecule has 0 spiro atoms. The van der Waals surface area contributed by atoms with Crippen molar-refractivity contribution in [3.8, 4) is 5.75 Å². The number of rotatable bonds is 2. The molecule has 0 aliphatic carbocycles. The first-order valence-electron chi connectivity index (χ1n) is 7.68. The van der Waals surface area contributed by atoms with Gasteiger partial charge < -0.3 is 5.11 Å². The summed E-state index contributed by atoms with van der Waals surface area (Å²) < 4.78 is 12.0.